The third-order valence-corrected chi connectivity index (χ3v) is 7.88. The fraction of sp³-hybridized carbons (Fsp3) is 0.323. The van der Waals surface area contributed by atoms with E-state index in [1.165, 1.54) is 0 Å². The largest absolute Gasteiger partial charge is 0.497 e. The number of halogens is 1. The van der Waals surface area contributed by atoms with Gasteiger partial charge in [-0.05, 0) is 76.6 Å². The van der Waals surface area contributed by atoms with E-state index in [-0.39, 0.29) is 23.3 Å². The Morgan fingerprint density at radius 3 is 2.26 bits per heavy atom. The molecule has 0 fully saturated rings. The summed E-state index contributed by atoms with van der Waals surface area (Å²) in [5.74, 6) is -0.0672. The number of hydrogen-bond acceptors (Lipinski definition) is 7. The topological polar surface area (TPSA) is 83.4 Å². The molecule has 39 heavy (non-hydrogen) atoms. The van der Waals surface area contributed by atoms with Crippen LogP contribution in [0.25, 0.3) is 11.1 Å². The predicted molar refractivity (Wildman–Crippen MR) is 149 cm³/mol. The van der Waals surface area contributed by atoms with Gasteiger partial charge in [0.15, 0.2) is 0 Å². The fourth-order valence-corrected chi connectivity index (χ4v) is 5.84. The molecule has 0 saturated heterocycles. The van der Waals surface area contributed by atoms with E-state index in [1.807, 2.05) is 24.3 Å². The maximum Gasteiger partial charge on any atom is 0.339 e. The number of fused-ring (bicyclic) bond motifs is 4. The van der Waals surface area contributed by atoms with E-state index in [0.29, 0.717) is 36.0 Å². The van der Waals surface area contributed by atoms with E-state index < -0.39 is 5.97 Å². The monoisotopic (exact) mass is 547 g/mol. The van der Waals surface area contributed by atoms with Gasteiger partial charge < -0.3 is 19.0 Å². The quantitative estimate of drug-likeness (QED) is 0.244. The van der Waals surface area contributed by atoms with Crippen LogP contribution in [0.15, 0.2) is 59.8 Å². The van der Waals surface area contributed by atoms with Gasteiger partial charge in [-0.1, -0.05) is 41.0 Å². The van der Waals surface area contributed by atoms with Gasteiger partial charge in [0.1, 0.15) is 11.5 Å². The van der Waals surface area contributed by atoms with Gasteiger partial charge in [0.25, 0.3) is 0 Å². The normalized spacial score (nSPS) is 15.7. The van der Waals surface area contributed by atoms with Gasteiger partial charge >= 0.3 is 5.97 Å². The molecule has 0 radical (unpaired) electrons. The number of carbonyl (C=O) groups is 2. The zero-order valence-electron chi connectivity index (χ0n) is 22.2. The Kier molecular flexibility index (Phi) is 7.84. The summed E-state index contributed by atoms with van der Waals surface area (Å²) in [6, 6.07) is 17.1. The van der Waals surface area contributed by atoms with Gasteiger partial charge in [-0.2, -0.15) is 0 Å². The summed E-state index contributed by atoms with van der Waals surface area (Å²) in [6.45, 7) is 1.12. The summed E-state index contributed by atoms with van der Waals surface area (Å²) in [5.41, 5.74) is 6.34. The van der Waals surface area contributed by atoms with Crippen LogP contribution in [0.4, 0.5) is 0 Å². The zero-order valence-corrected chi connectivity index (χ0v) is 23.0. The molecule has 0 atom stereocenters. The number of methoxy groups -OCH3 is 3. The van der Waals surface area contributed by atoms with Gasteiger partial charge in [-0.15, -0.1) is 0 Å². The molecule has 0 saturated carbocycles. The molecule has 0 aliphatic heterocycles. The first-order valence-electron chi connectivity index (χ1n) is 12.8. The van der Waals surface area contributed by atoms with Crippen LogP contribution in [-0.4, -0.2) is 52.0 Å². The molecule has 2 aliphatic rings. The average molecular weight is 548 g/mol. The summed E-state index contributed by atoms with van der Waals surface area (Å²) in [4.78, 5) is 30.9. The van der Waals surface area contributed by atoms with Crippen molar-refractivity contribution in [1.82, 2.24) is 0 Å². The average Bonchev–Trinajstić information content (AvgIpc) is 3.39. The molecule has 0 unspecified atom stereocenters. The van der Waals surface area contributed by atoms with Gasteiger partial charge in [0.2, 0.25) is 5.78 Å². The molecule has 0 bridgehead atoms. The number of ether oxygens (including phenoxy) is 3. The van der Waals surface area contributed by atoms with Gasteiger partial charge in [-0.3, -0.25) is 4.79 Å². The summed E-state index contributed by atoms with van der Waals surface area (Å²) in [6.07, 6.45) is 1.81. The summed E-state index contributed by atoms with van der Waals surface area (Å²) in [5, 5.41) is 4.64. The number of benzene rings is 3. The van der Waals surface area contributed by atoms with Crippen molar-refractivity contribution in [2.75, 3.05) is 34.5 Å². The molecule has 8 heteroatoms. The van der Waals surface area contributed by atoms with Crippen molar-refractivity contribution < 1.29 is 28.6 Å². The molecule has 3 aromatic carbocycles. The zero-order chi connectivity index (χ0) is 27.6. The second kappa shape index (κ2) is 11.3. The third-order valence-electron chi connectivity index (χ3n) is 7.64. The first-order chi connectivity index (χ1) is 18.9. The van der Waals surface area contributed by atoms with Crippen molar-refractivity contribution in [3.63, 3.8) is 0 Å². The van der Waals surface area contributed by atoms with Crippen LogP contribution >= 0.6 is 11.6 Å². The molecule has 0 spiro atoms. The Balaban J connectivity index is 1.44. The van der Waals surface area contributed by atoms with E-state index >= 15 is 0 Å². The number of ketones is 1. The molecular weight excluding hydrogens is 518 g/mol. The lowest BCUT2D eigenvalue weighted by Gasteiger charge is -2.32. The molecule has 0 amide bonds. The number of Topliss-reactive ketones (excluding diaryl/α,β-unsaturated/α-hetero) is 1. The Morgan fingerprint density at radius 1 is 0.897 bits per heavy atom. The van der Waals surface area contributed by atoms with Gasteiger partial charge in [0, 0.05) is 49.9 Å². The van der Waals surface area contributed by atoms with Gasteiger partial charge in [-0.25, -0.2) is 4.79 Å². The number of oxime groups is 1. The van der Waals surface area contributed by atoms with Crippen molar-refractivity contribution in [2.24, 2.45) is 5.16 Å². The van der Waals surface area contributed by atoms with Crippen LogP contribution in [0.2, 0.25) is 5.02 Å². The fourth-order valence-electron chi connectivity index (χ4n) is 5.67. The predicted octanol–water partition coefficient (Wildman–Crippen LogP) is 5.57. The minimum atomic E-state index is -0.539. The number of hydrogen-bond donors (Lipinski definition) is 0. The Morgan fingerprint density at radius 2 is 1.59 bits per heavy atom. The smallest absolute Gasteiger partial charge is 0.339 e. The first-order valence-corrected chi connectivity index (χ1v) is 13.2. The highest BCUT2D eigenvalue weighted by Gasteiger charge is 2.44. The lowest BCUT2D eigenvalue weighted by Crippen LogP contribution is -2.29. The van der Waals surface area contributed by atoms with Crippen LogP contribution < -0.4 is 4.74 Å². The van der Waals surface area contributed by atoms with Crippen molar-refractivity contribution >= 4 is 29.1 Å². The SMILES string of the molecule is COCCC1(CCOC)c2cc(Cl)ccc2-c2cc3c(cc21)C/C(=N/OC(=O)Cc1ccc(OC)cc1)C3=O. The van der Waals surface area contributed by atoms with Crippen LogP contribution in [-0.2, 0) is 37.4 Å². The highest BCUT2D eigenvalue weighted by Crippen LogP contribution is 2.54. The minimum absolute atomic E-state index is 0.0388. The van der Waals surface area contributed by atoms with Crippen LogP contribution in [0.3, 0.4) is 0 Å². The first kappa shape index (κ1) is 27.1. The van der Waals surface area contributed by atoms with Crippen molar-refractivity contribution in [3.05, 3.63) is 87.4 Å². The maximum absolute atomic E-state index is 13.3. The number of rotatable bonds is 10. The minimum Gasteiger partial charge on any atom is -0.497 e. The highest BCUT2D eigenvalue weighted by atomic mass is 35.5. The van der Waals surface area contributed by atoms with Gasteiger partial charge in [0.05, 0.1) is 13.5 Å². The summed E-state index contributed by atoms with van der Waals surface area (Å²) in [7, 11) is 4.97. The molecule has 3 aromatic rings. The van der Waals surface area contributed by atoms with E-state index in [9.17, 15) is 9.59 Å². The molecule has 0 N–H and O–H groups in total. The van der Waals surface area contributed by atoms with Crippen molar-refractivity contribution in [2.45, 2.75) is 31.1 Å². The van der Waals surface area contributed by atoms with Crippen LogP contribution in [0.1, 0.15) is 45.5 Å². The molecule has 202 valence electrons. The number of nitrogens with zero attached hydrogens (tertiary/aromatic N) is 1. The highest BCUT2D eigenvalue weighted by molar-refractivity contribution is 6.49. The van der Waals surface area contributed by atoms with Crippen molar-refractivity contribution in [3.8, 4) is 16.9 Å². The third kappa shape index (κ3) is 5.10. The number of carbonyl (C=O) groups excluding carboxylic acids is 2. The second-order valence-corrected chi connectivity index (χ2v) is 10.3. The summed E-state index contributed by atoms with van der Waals surface area (Å²) < 4.78 is 16.1. The molecule has 2 aliphatic carbocycles. The van der Waals surface area contributed by atoms with E-state index in [1.54, 1.807) is 45.6 Å². The van der Waals surface area contributed by atoms with Crippen LogP contribution in [0.5, 0.6) is 5.75 Å². The van der Waals surface area contributed by atoms with E-state index in [4.69, 9.17) is 30.6 Å². The molecule has 0 aromatic heterocycles. The Labute approximate surface area is 232 Å². The molecule has 0 heterocycles. The second-order valence-electron chi connectivity index (χ2n) is 9.84. The van der Waals surface area contributed by atoms with E-state index in [0.717, 1.165) is 46.2 Å². The Bertz CT molecular complexity index is 1440. The van der Waals surface area contributed by atoms with Crippen LogP contribution in [0, 0.1) is 0 Å². The van der Waals surface area contributed by atoms with Crippen molar-refractivity contribution in [1.29, 1.82) is 0 Å². The lowest BCUT2D eigenvalue weighted by atomic mass is 9.72. The maximum atomic E-state index is 13.3. The summed E-state index contributed by atoms with van der Waals surface area (Å²) >= 11 is 6.45. The molecule has 5 rings (SSSR count). The lowest BCUT2D eigenvalue weighted by molar-refractivity contribution is -0.142. The molecule has 7 nitrogen and oxygen atoms in total. The standard InChI is InChI=1S/C31H30ClNO6/c1-36-12-10-31(11-13-37-2)26-15-20-16-28(33-39-29(34)14-19-4-7-22(38-3)8-5-19)30(35)24(20)18-25(26)23-9-6-21(32)17-27(23)31/h4-9,15,17-18H,10-14,16H2,1-3H3/b33-28-. The van der Waals surface area contributed by atoms with E-state index in [2.05, 4.69) is 11.2 Å². The Hall–Kier alpha value is -3.52. The molecular formula is C31H30ClNO6.